The number of hydrogen-bond donors (Lipinski definition) is 1. The van der Waals surface area contributed by atoms with Gasteiger partial charge in [-0.1, -0.05) is 38.1 Å². The van der Waals surface area contributed by atoms with Crippen molar-refractivity contribution >= 4 is 5.78 Å². The van der Waals surface area contributed by atoms with Gasteiger partial charge in [-0.25, -0.2) is 14.5 Å². The molecular formula is C16H16N4O. The smallest absolute Gasteiger partial charge is 0.264 e. The van der Waals surface area contributed by atoms with Crippen LogP contribution in [-0.2, 0) is 11.8 Å². The molecule has 1 aromatic carbocycles. The molecule has 5 heteroatoms. The van der Waals surface area contributed by atoms with Gasteiger partial charge in [-0.3, -0.25) is 4.79 Å². The Morgan fingerprint density at radius 2 is 2.19 bits per heavy atom. The van der Waals surface area contributed by atoms with E-state index in [1.807, 2.05) is 18.2 Å². The lowest BCUT2D eigenvalue weighted by atomic mass is 9.69. The largest absolute Gasteiger partial charge is 0.268 e. The fraction of sp³-hybridized carbons (Fsp3) is 0.312. The summed E-state index contributed by atoms with van der Waals surface area (Å²) in [5, 5.41) is 6.73. The van der Waals surface area contributed by atoms with Crippen LogP contribution in [0.25, 0.3) is 17.0 Å². The average Bonchev–Trinajstić information content (AvgIpc) is 2.96. The van der Waals surface area contributed by atoms with Gasteiger partial charge in [-0.2, -0.15) is 5.10 Å². The summed E-state index contributed by atoms with van der Waals surface area (Å²) in [6.45, 7) is 4.28. The minimum absolute atomic E-state index is 0.0115. The first-order valence-electron chi connectivity index (χ1n) is 7.18. The van der Waals surface area contributed by atoms with Crippen LogP contribution >= 0.6 is 0 Å². The van der Waals surface area contributed by atoms with Gasteiger partial charge in [0, 0.05) is 11.0 Å². The number of nitrogens with zero attached hydrogens (tertiary/aromatic N) is 3. The van der Waals surface area contributed by atoms with Gasteiger partial charge >= 0.3 is 0 Å². The van der Waals surface area contributed by atoms with Crippen LogP contribution in [0.5, 0.6) is 0 Å². The highest BCUT2D eigenvalue weighted by Gasteiger charge is 2.37. The van der Waals surface area contributed by atoms with Crippen LogP contribution in [0, 0.1) is 0 Å². The second-order valence-corrected chi connectivity index (χ2v) is 5.94. The molecule has 0 spiro atoms. The molecule has 0 aliphatic heterocycles. The molecule has 0 bridgehead atoms. The van der Waals surface area contributed by atoms with Crippen molar-refractivity contribution in [3.8, 4) is 11.3 Å². The molecule has 0 unspecified atom stereocenters. The lowest BCUT2D eigenvalue weighted by Gasteiger charge is -2.34. The van der Waals surface area contributed by atoms with E-state index in [-0.39, 0.29) is 11.0 Å². The molecule has 1 N–H and O–H groups in total. The van der Waals surface area contributed by atoms with E-state index in [0.717, 1.165) is 29.7 Å². The Labute approximate surface area is 121 Å². The van der Waals surface area contributed by atoms with Crippen LogP contribution in [0.4, 0.5) is 0 Å². The molecule has 1 atom stereocenters. The van der Waals surface area contributed by atoms with Crippen molar-refractivity contribution in [1.82, 2.24) is 19.6 Å². The van der Waals surface area contributed by atoms with E-state index in [4.69, 9.17) is 0 Å². The van der Waals surface area contributed by atoms with Crippen molar-refractivity contribution < 1.29 is 0 Å². The summed E-state index contributed by atoms with van der Waals surface area (Å²) in [5.74, 6) is 0.494. The van der Waals surface area contributed by atoms with Crippen LogP contribution in [0.2, 0.25) is 0 Å². The maximum absolute atomic E-state index is 12.9. The zero-order valence-corrected chi connectivity index (χ0v) is 12.1. The quantitative estimate of drug-likeness (QED) is 0.744. The fourth-order valence-corrected chi connectivity index (χ4v) is 3.32. The highest BCUT2D eigenvalue weighted by atomic mass is 16.1. The third kappa shape index (κ3) is 1.54. The molecule has 0 saturated carbocycles. The highest BCUT2D eigenvalue weighted by molar-refractivity contribution is 5.72. The predicted molar refractivity (Wildman–Crippen MR) is 80.4 cm³/mol. The van der Waals surface area contributed by atoms with Crippen molar-refractivity contribution in [2.75, 3.05) is 0 Å². The Morgan fingerprint density at radius 3 is 3.00 bits per heavy atom. The first kappa shape index (κ1) is 12.3. The molecule has 2 heterocycles. The molecule has 1 aliphatic rings. The molecule has 0 fully saturated rings. The van der Waals surface area contributed by atoms with E-state index in [2.05, 4.69) is 35.1 Å². The maximum Gasteiger partial charge on any atom is 0.264 e. The molecule has 1 aliphatic carbocycles. The molecule has 21 heavy (non-hydrogen) atoms. The SMILES string of the molecule is CC[C@@]1(C)Cc2ccccc2-c2nc3[nH]ncn3c(=O)c21. The first-order valence-corrected chi connectivity index (χ1v) is 7.18. The maximum atomic E-state index is 12.9. The van der Waals surface area contributed by atoms with E-state index in [1.54, 1.807) is 0 Å². The van der Waals surface area contributed by atoms with Crippen LogP contribution in [0.1, 0.15) is 31.4 Å². The molecule has 0 amide bonds. The Balaban J connectivity index is 2.19. The summed E-state index contributed by atoms with van der Waals surface area (Å²) in [6.07, 6.45) is 3.27. The van der Waals surface area contributed by atoms with Crippen molar-refractivity contribution in [1.29, 1.82) is 0 Å². The monoisotopic (exact) mass is 280 g/mol. The van der Waals surface area contributed by atoms with E-state index in [1.165, 1.54) is 16.3 Å². The topological polar surface area (TPSA) is 63.1 Å². The number of nitrogens with one attached hydrogen (secondary N) is 1. The van der Waals surface area contributed by atoms with Gasteiger partial charge in [0.05, 0.1) is 11.3 Å². The molecule has 4 rings (SSSR count). The highest BCUT2D eigenvalue weighted by Crippen LogP contribution is 2.42. The van der Waals surface area contributed by atoms with Crippen LogP contribution in [0.3, 0.4) is 0 Å². The summed E-state index contributed by atoms with van der Waals surface area (Å²) in [7, 11) is 0. The Morgan fingerprint density at radius 1 is 1.38 bits per heavy atom. The van der Waals surface area contributed by atoms with Gasteiger partial charge in [0.25, 0.3) is 5.56 Å². The second-order valence-electron chi connectivity index (χ2n) is 5.94. The minimum Gasteiger partial charge on any atom is -0.268 e. The van der Waals surface area contributed by atoms with Crippen LogP contribution < -0.4 is 5.56 Å². The minimum atomic E-state index is -0.188. The zero-order valence-electron chi connectivity index (χ0n) is 12.1. The van der Waals surface area contributed by atoms with Gasteiger partial charge in [0.15, 0.2) is 0 Å². The van der Waals surface area contributed by atoms with E-state index >= 15 is 0 Å². The number of H-pyrrole nitrogens is 1. The standard InChI is InChI=1S/C16H16N4O/c1-3-16(2)8-10-6-4-5-7-11(10)13-12(16)14(21)20-9-17-19-15(20)18-13/h4-7,9H,3,8H2,1-2H3,(H,18,19)/t16-/m0/s1. The van der Waals surface area contributed by atoms with Gasteiger partial charge in [-0.15, -0.1) is 0 Å². The third-order valence-corrected chi connectivity index (χ3v) is 4.69. The summed E-state index contributed by atoms with van der Waals surface area (Å²) >= 11 is 0. The molecule has 2 aromatic heterocycles. The Kier molecular flexibility index (Phi) is 2.37. The Hall–Kier alpha value is -2.43. The number of aromatic amines is 1. The number of aromatic nitrogens is 4. The zero-order chi connectivity index (χ0) is 14.6. The van der Waals surface area contributed by atoms with Gasteiger partial charge in [0.1, 0.15) is 6.33 Å². The molecule has 106 valence electrons. The van der Waals surface area contributed by atoms with Gasteiger partial charge in [0.2, 0.25) is 5.78 Å². The Bertz CT molecular complexity index is 908. The van der Waals surface area contributed by atoms with E-state index in [0.29, 0.717) is 5.78 Å². The summed E-state index contributed by atoms with van der Waals surface area (Å²) in [5.41, 5.74) is 3.73. The number of rotatable bonds is 1. The average molecular weight is 280 g/mol. The van der Waals surface area contributed by atoms with E-state index < -0.39 is 0 Å². The van der Waals surface area contributed by atoms with Crippen molar-refractivity contribution in [3.05, 3.63) is 52.1 Å². The molecule has 5 nitrogen and oxygen atoms in total. The van der Waals surface area contributed by atoms with Gasteiger partial charge < -0.3 is 0 Å². The predicted octanol–water partition coefficient (Wildman–Crippen LogP) is 2.31. The number of benzene rings is 1. The molecule has 0 radical (unpaired) electrons. The lowest BCUT2D eigenvalue weighted by molar-refractivity contribution is 0.440. The summed E-state index contributed by atoms with van der Waals surface area (Å²) in [4.78, 5) is 17.5. The van der Waals surface area contributed by atoms with Crippen molar-refractivity contribution in [3.63, 3.8) is 0 Å². The number of fused-ring (bicyclic) bond motifs is 4. The summed E-state index contributed by atoms with van der Waals surface area (Å²) in [6, 6.07) is 8.21. The third-order valence-electron chi connectivity index (χ3n) is 4.69. The van der Waals surface area contributed by atoms with Crippen molar-refractivity contribution in [2.24, 2.45) is 0 Å². The van der Waals surface area contributed by atoms with Crippen molar-refractivity contribution in [2.45, 2.75) is 32.1 Å². The lowest BCUT2D eigenvalue weighted by Crippen LogP contribution is -2.37. The first-order chi connectivity index (χ1) is 10.1. The second kappa shape index (κ2) is 4.04. The molecular weight excluding hydrogens is 264 g/mol. The summed E-state index contributed by atoms with van der Waals surface area (Å²) < 4.78 is 1.50. The normalized spacial score (nSPS) is 20.3. The van der Waals surface area contributed by atoms with E-state index in [9.17, 15) is 4.79 Å². The molecule has 3 aromatic rings. The fourth-order valence-electron chi connectivity index (χ4n) is 3.32. The van der Waals surface area contributed by atoms with Gasteiger partial charge in [-0.05, 0) is 18.4 Å². The number of hydrogen-bond acceptors (Lipinski definition) is 3. The van der Waals surface area contributed by atoms with Crippen LogP contribution in [-0.4, -0.2) is 19.6 Å². The molecule has 0 saturated heterocycles. The van der Waals surface area contributed by atoms with Crippen LogP contribution in [0.15, 0.2) is 35.4 Å².